The van der Waals surface area contributed by atoms with E-state index >= 15 is 0 Å². The number of para-hydroxylation sites is 1. The van der Waals surface area contributed by atoms with E-state index in [2.05, 4.69) is 10.3 Å². The summed E-state index contributed by atoms with van der Waals surface area (Å²) >= 11 is 0. The van der Waals surface area contributed by atoms with Crippen LogP contribution in [0.3, 0.4) is 0 Å². The van der Waals surface area contributed by atoms with Crippen LogP contribution in [0.5, 0.6) is 0 Å². The fourth-order valence-corrected chi connectivity index (χ4v) is 2.61. The third-order valence-electron chi connectivity index (χ3n) is 4.40. The minimum Gasteiger partial charge on any atom is -0.475 e. The molecule has 0 saturated heterocycles. The van der Waals surface area contributed by atoms with E-state index in [9.17, 15) is 9.90 Å². The van der Waals surface area contributed by atoms with Gasteiger partial charge in [-0.15, -0.1) is 0 Å². The molecule has 1 N–H and O–H groups in total. The van der Waals surface area contributed by atoms with Gasteiger partial charge in [-0.05, 0) is 49.9 Å². The van der Waals surface area contributed by atoms with E-state index in [0.717, 1.165) is 29.2 Å². The van der Waals surface area contributed by atoms with Gasteiger partial charge in [0.05, 0.1) is 36.2 Å². The maximum absolute atomic E-state index is 11.5. The maximum atomic E-state index is 11.5. The molecule has 1 amide bonds. The van der Waals surface area contributed by atoms with E-state index in [0.29, 0.717) is 23.8 Å². The highest BCUT2D eigenvalue weighted by molar-refractivity contribution is 6.02. The average molecular weight is 389 g/mol. The van der Waals surface area contributed by atoms with Crippen LogP contribution in [0.1, 0.15) is 35.4 Å². The van der Waals surface area contributed by atoms with Crippen LogP contribution >= 0.6 is 0 Å². The summed E-state index contributed by atoms with van der Waals surface area (Å²) in [4.78, 5) is 22.0. The molecule has 9 nitrogen and oxygen atoms in total. The molecule has 0 unspecified atom stereocenters. The van der Waals surface area contributed by atoms with Crippen molar-refractivity contribution < 1.29 is 28.8 Å². The fourth-order valence-electron chi connectivity index (χ4n) is 2.61. The molecule has 1 aromatic heterocycles. The number of amides is 1. The Labute approximate surface area is 162 Å². The molecule has 150 valence electrons. The lowest BCUT2D eigenvalue weighted by atomic mass is 10.1. The number of hydrogen-bond acceptors (Lipinski definition) is 7. The second kappa shape index (κ2) is 8.75. The van der Waals surface area contributed by atoms with Crippen molar-refractivity contribution in [1.29, 1.82) is 0 Å². The number of nitrogens with zero attached hydrogens (tertiary/aromatic N) is 3. The first-order valence-corrected chi connectivity index (χ1v) is 8.92. The van der Waals surface area contributed by atoms with Crippen molar-refractivity contribution in [2.75, 3.05) is 18.8 Å². The fraction of sp³-hybridized carbons (Fsp3) is 0.421. The Balaban J connectivity index is 1.86. The number of hydroxylamine groups is 1. The van der Waals surface area contributed by atoms with E-state index in [1.54, 1.807) is 31.2 Å². The van der Waals surface area contributed by atoms with Crippen LogP contribution < -0.4 is 5.06 Å². The summed E-state index contributed by atoms with van der Waals surface area (Å²) in [5.41, 5.74) is 2.27. The lowest BCUT2D eigenvalue weighted by Crippen LogP contribution is -2.29. The van der Waals surface area contributed by atoms with Crippen molar-refractivity contribution in [3.8, 4) is 0 Å². The summed E-state index contributed by atoms with van der Waals surface area (Å²) in [6.07, 6.45) is 0.954. The van der Waals surface area contributed by atoms with E-state index in [1.165, 1.54) is 7.11 Å². The zero-order chi connectivity index (χ0) is 20.1. The number of hydrogen-bond donors (Lipinski definition) is 1. The van der Waals surface area contributed by atoms with Crippen molar-refractivity contribution in [3.63, 3.8) is 0 Å². The van der Waals surface area contributed by atoms with Crippen LogP contribution in [0.2, 0.25) is 0 Å². The number of carboxylic acid groups (broad SMARTS) is 1. The van der Waals surface area contributed by atoms with Crippen molar-refractivity contribution in [2.45, 2.75) is 33.3 Å². The zero-order valence-corrected chi connectivity index (χ0v) is 16.0. The lowest BCUT2D eigenvalue weighted by Gasteiger charge is -2.20. The van der Waals surface area contributed by atoms with Gasteiger partial charge in [0.1, 0.15) is 12.4 Å². The van der Waals surface area contributed by atoms with Gasteiger partial charge in [-0.3, -0.25) is 4.84 Å². The summed E-state index contributed by atoms with van der Waals surface area (Å²) in [5, 5.41) is 18.2. The second-order valence-electron chi connectivity index (χ2n) is 6.50. The number of oxime groups is 1. The molecule has 1 aliphatic carbocycles. The Morgan fingerprint density at radius 3 is 2.71 bits per heavy atom. The van der Waals surface area contributed by atoms with Gasteiger partial charge >= 0.3 is 6.09 Å². The van der Waals surface area contributed by atoms with Crippen LogP contribution in [0.15, 0.2) is 33.9 Å². The molecular weight excluding hydrogens is 366 g/mol. The predicted molar refractivity (Wildman–Crippen MR) is 99.9 cm³/mol. The molecule has 0 atom stereocenters. The van der Waals surface area contributed by atoms with Crippen LogP contribution in [0.25, 0.3) is 0 Å². The van der Waals surface area contributed by atoms with Crippen LogP contribution in [-0.4, -0.2) is 36.0 Å². The molecule has 1 aliphatic rings. The first kappa shape index (κ1) is 19.7. The van der Waals surface area contributed by atoms with Gasteiger partial charge < -0.3 is 19.2 Å². The molecule has 1 heterocycles. The van der Waals surface area contributed by atoms with E-state index in [4.69, 9.17) is 18.9 Å². The molecule has 0 spiro atoms. The summed E-state index contributed by atoms with van der Waals surface area (Å²) in [6, 6.07) is 6.78. The van der Waals surface area contributed by atoms with Gasteiger partial charge in [0.2, 0.25) is 0 Å². The van der Waals surface area contributed by atoms with Crippen LogP contribution in [0.4, 0.5) is 10.5 Å². The quantitative estimate of drug-likeness (QED) is 0.417. The monoisotopic (exact) mass is 389 g/mol. The molecule has 28 heavy (non-hydrogen) atoms. The maximum Gasteiger partial charge on any atom is 0.436 e. The third-order valence-corrected chi connectivity index (χ3v) is 4.40. The number of benzene rings is 1. The first-order chi connectivity index (χ1) is 13.5. The van der Waals surface area contributed by atoms with E-state index < -0.39 is 6.09 Å². The molecule has 0 bridgehead atoms. The van der Waals surface area contributed by atoms with E-state index in [1.807, 2.05) is 6.92 Å². The number of carbonyl (C=O) groups is 1. The summed E-state index contributed by atoms with van der Waals surface area (Å²) in [5.74, 6) is 1.33. The number of aryl methyl sites for hydroxylation is 2. The summed E-state index contributed by atoms with van der Waals surface area (Å²) in [6.45, 7) is 4.27. The van der Waals surface area contributed by atoms with E-state index in [-0.39, 0.29) is 18.2 Å². The number of rotatable bonds is 8. The van der Waals surface area contributed by atoms with Crippen LogP contribution in [0, 0.1) is 19.8 Å². The lowest BCUT2D eigenvalue weighted by molar-refractivity contribution is 0.117. The van der Waals surface area contributed by atoms with Crippen molar-refractivity contribution >= 4 is 17.7 Å². The summed E-state index contributed by atoms with van der Waals surface area (Å²) in [7, 11) is 1.28. The normalized spacial score (nSPS) is 14.0. The highest BCUT2D eigenvalue weighted by atomic mass is 16.7. The molecular formula is C19H23N3O6. The largest absolute Gasteiger partial charge is 0.475 e. The average Bonchev–Trinajstić information content (AvgIpc) is 3.45. The number of ether oxygens (including phenoxy) is 1. The highest BCUT2D eigenvalue weighted by Crippen LogP contribution is 2.30. The van der Waals surface area contributed by atoms with Gasteiger partial charge in [0, 0.05) is 0 Å². The Morgan fingerprint density at radius 2 is 2.11 bits per heavy atom. The van der Waals surface area contributed by atoms with Gasteiger partial charge in [-0.2, -0.15) is 5.06 Å². The molecule has 1 aromatic carbocycles. The molecule has 2 aromatic rings. The molecule has 9 heteroatoms. The van der Waals surface area contributed by atoms with Gasteiger partial charge in [0.25, 0.3) is 5.90 Å². The van der Waals surface area contributed by atoms with Crippen LogP contribution in [-0.2, 0) is 21.0 Å². The molecule has 0 aliphatic heterocycles. The first-order valence-electron chi connectivity index (χ1n) is 8.92. The molecule has 0 radical (unpaired) electrons. The minimum absolute atomic E-state index is 0.159. The van der Waals surface area contributed by atoms with Crippen molar-refractivity contribution in [3.05, 3.63) is 46.8 Å². The molecule has 1 fully saturated rings. The van der Waals surface area contributed by atoms with Gasteiger partial charge in [-0.25, -0.2) is 4.79 Å². The topological polar surface area (TPSA) is 107 Å². The smallest absolute Gasteiger partial charge is 0.436 e. The standard InChI is InChI=1S/C19H23N3O6/c1-12-16(13(2)28-20-12)11-27-21-18(26-10-14-8-9-14)15-6-4-5-7-17(15)22(25-3)19(23)24/h4-7,14H,8-11H2,1-3H3,(H,23,24)/b21-18+. The Hall–Kier alpha value is -3.07. The Kier molecular flexibility index (Phi) is 6.15. The highest BCUT2D eigenvalue weighted by Gasteiger charge is 2.26. The summed E-state index contributed by atoms with van der Waals surface area (Å²) < 4.78 is 11.0. The third kappa shape index (κ3) is 4.61. The van der Waals surface area contributed by atoms with Gasteiger partial charge in [0.15, 0.2) is 0 Å². The van der Waals surface area contributed by atoms with Gasteiger partial charge in [-0.1, -0.05) is 17.3 Å². The SMILES string of the molecule is CON(C(=O)O)c1ccccc1/C(=N\OCc1c(C)noc1C)OCC1CC1. The number of aromatic nitrogens is 1. The molecule has 3 rings (SSSR count). The van der Waals surface area contributed by atoms with Crippen molar-refractivity contribution in [2.24, 2.45) is 11.1 Å². The molecule has 1 saturated carbocycles. The van der Waals surface area contributed by atoms with Crippen molar-refractivity contribution in [1.82, 2.24) is 5.16 Å². The minimum atomic E-state index is -1.26. The Bertz CT molecular complexity index is 840. The second-order valence-corrected chi connectivity index (χ2v) is 6.50. The number of anilines is 1. The predicted octanol–water partition coefficient (Wildman–Crippen LogP) is 3.64. The zero-order valence-electron chi connectivity index (χ0n) is 16.0. The Morgan fingerprint density at radius 1 is 1.36 bits per heavy atom.